The summed E-state index contributed by atoms with van der Waals surface area (Å²) < 4.78 is 5.04. The summed E-state index contributed by atoms with van der Waals surface area (Å²) >= 11 is 5.31. The Balaban J connectivity index is 0.000000391. The van der Waals surface area contributed by atoms with Gasteiger partial charge in [0.25, 0.3) is 5.91 Å². The average molecular weight is 435 g/mol. The molecule has 0 saturated carbocycles. The third kappa shape index (κ3) is 5.96. The van der Waals surface area contributed by atoms with Crippen LogP contribution in [0.3, 0.4) is 0 Å². The monoisotopic (exact) mass is 434 g/mol. The predicted octanol–water partition coefficient (Wildman–Crippen LogP) is 2.36. The molecule has 0 radical (unpaired) electrons. The molecule has 2 heterocycles. The molecule has 2 aromatic carbocycles. The van der Waals surface area contributed by atoms with Gasteiger partial charge in [-0.1, -0.05) is 60.7 Å². The normalized spacial score (nSPS) is 18.3. The second-order valence-corrected chi connectivity index (χ2v) is 7.57. The average Bonchev–Trinajstić information content (AvgIpc) is 2.81. The van der Waals surface area contributed by atoms with Crippen LogP contribution in [0.5, 0.6) is 0 Å². The quantitative estimate of drug-likeness (QED) is 0.393. The highest BCUT2D eigenvalue weighted by Crippen LogP contribution is 2.36. The van der Waals surface area contributed by atoms with E-state index in [-0.39, 0.29) is 5.91 Å². The number of carbonyl (C=O) groups is 1. The maximum atomic E-state index is 13.0. The number of allylic oxidation sites excluding steroid dienone is 1. The smallest absolute Gasteiger partial charge is 0.254 e. The number of nitrogens with one attached hydrogen (secondary N) is 2. The van der Waals surface area contributed by atoms with E-state index in [1.165, 1.54) is 0 Å². The largest absolute Gasteiger partial charge is 0.763 e. The maximum Gasteiger partial charge on any atom is 0.254 e. The molecule has 2 aromatic rings. The Morgan fingerprint density at radius 2 is 1.74 bits per heavy atom. The molecule has 1 atom stereocenters. The van der Waals surface area contributed by atoms with Gasteiger partial charge in [-0.15, -0.1) is 0 Å². The van der Waals surface area contributed by atoms with Crippen LogP contribution in [0, 0.1) is 0 Å². The topological polar surface area (TPSA) is 89.3 Å². The second-order valence-electron chi connectivity index (χ2n) is 7.16. The van der Waals surface area contributed by atoms with Crippen LogP contribution >= 0.6 is 12.2 Å². The third-order valence-electron chi connectivity index (χ3n) is 4.99. The van der Waals surface area contributed by atoms with E-state index in [1.54, 1.807) is 6.92 Å². The number of nitrogens with zero attached hydrogens (tertiary/aromatic N) is 1. The summed E-state index contributed by atoms with van der Waals surface area (Å²) in [6.07, 6.45) is 0. The number of hydrogen-bond acceptors (Lipinski definition) is 3. The molecule has 1 amide bonds. The lowest BCUT2D eigenvalue weighted by atomic mass is 9.81. The Labute approximate surface area is 187 Å². The molecular weight excluding hydrogens is 408 g/mol. The molecule has 1 saturated heterocycles. The molecular formula is C24H26N4O2S. The van der Waals surface area contributed by atoms with E-state index < -0.39 is 5.92 Å². The van der Waals surface area contributed by atoms with Gasteiger partial charge in [-0.05, 0) is 24.6 Å². The van der Waals surface area contributed by atoms with Crippen molar-refractivity contribution in [2.24, 2.45) is 0 Å². The molecule has 1 fully saturated rings. The van der Waals surface area contributed by atoms with Crippen LogP contribution < -0.4 is 16.0 Å². The Morgan fingerprint density at radius 3 is 2.26 bits per heavy atom. The van der Waals surface area contributed by atoms with Crippen molar-refractivity contribution >= 4 is 34.7 Å². The standard InChI is InChI=1S/C20H16N3OS.C4H9NO/c1-13-17(19(24)23-15-10-6-3-7-11-15)18(14-8-4-2-5-9-14)16(12-21)20(25)22-13;1-3-6-4-2-5-1/h2-11,18H,1H3,(H,22,25)(H,23,24);5H,1-4H2/q-1;/p+1. The van der Waals surface area contributed by atoms with Crippen LogP contribution in [0.15, 0.2) is 77.5 Å². The van der Waals surface area contributed by atoms with Crippen molar-refractivity contribution in [1.82, 2.24) is 5.32 Å². The number of carbonyl (C=O) groups excluding carboxylic acids is 1. The van der Waals surface area contributed by atoms with Crippen molar-refractivity contribution < 1.29 is 14.8 Å². The summed E-state index contributed by atoms with van der Waals surface area (Å²) in [5, 5.41) is 17.8. The van der Waals surface area contributed by atoms with Crippen molar-refractivity contribution in [2.45, 2.75) is 12.8 Å². The second kappa shape index (κ2) is 11.3. The summed E-state index contributed by atoms with van der Waals surface area (Å²) in [5.74, 6) is 1.44. The number of thiocarbonyl (C=S) groups is 1. The Morgan fingerprint density at radius 1 is 1.13 bits per heavy atom. The zero-order valence-corrected chi connectivity index (χ0v) is 18.2. The van der Waals surface area contributed by atoms with E-state index in [1.807, 2.05) is 60.7 Å². The fourth-order valence-corrected chi connectivity index (χ4v) is 3.81. The van der Waals surface area contributed by atoms with E-state index >= 15 is 0 Å². The molecule has 1 unspecified atom stereocenters. The van der Waals surface area contributed by atoms with Crippen LogP contribution in [0.25, 0.3) is 5.41 Å². The summed E-state index contributed by atoms with van der Waals surface area (Å²) in [5.41, 5.74) is 3.10. The lowest BCUT2D eigenvalue weighted by Crippen LogP contribution is -2.87. The van der Waals surface area contributed by atoms with Gasteiger partial charge >= 0.3 is 0 Å². The Hall–Kier alpha value is -3.09. The minimum atomic E-state index is -0.483. The number of anilines is 1. The van der Waals surface area contributed by atoms with Gasteiger partial charge in [-0.3, -0.25) is 10.7 Å². The molecule has 0 spiro atoms. The van der Waals surface area contributed by atoms with Crippen LogP contribution in [-0.2, 0) is 9.53 Å². The first kappa shape index (κ1) is 22.6. The number of quaternary nitrogens is 1. The highest BCUT2D eigenvalue weighted by atomic mass is 32.1. The number of para-hydroxylation sites is 1. The fraction of sp³-hybridized carbons (Fsp3) is 0.250. The number of hydrogen-bond donors (Lipinski definition) is 3. The van der Waals surface area contributed by atoms with Crippen molar-refractivity contribution in [3.8, 4) is 0 Å². The van der Waals surface area contributed by atoms with Gasteiger partial charge in [0.1, 0.15) is 4.99 Å². The highest BCUT2D eigenvalue weighted by Gasteiger charge is 2.33. The van der Waals surface area contributed by atoms with Gasteiger partial charge in [0.05, 0.1) is 26.3 Å². The molecule has 2 aliphatic heterocycles. The number of amides is 1. The van der Waals surface area contributed by atoms with Gasteiger partial charge in [-0.2, -0.15) is 0 Å². The van der Waals surface area contributed by atoms with E-state index in [9.17, 15) is 10.2 Å². The zero-order valence-electron chi connectivity index (χ0n) is 17.4. The van der Waals surface area contributed by atoms with Crippen LogP contribution in [-0.4, -0.2) is 43.1 Å². The summed E-state index contributed by atoms with van der Waals surface area (Å²) in [6.45, 7) is 6.00. The molecule has 160 valence electrons. The molecule has 31 heavy (non-hydrogen) atoms. The van der Waals surface area contributed by atoms with Gasteiger partial charge in [0.2, 0.25) is 0 Å². The van der Waals surface area contributed by atoms with Crippen molar-refractivity contribution in [1.29, 1.82) is 0 Å². The number of rotatable bonds is 3. The molecule has 0 aliphatic carbocycles. The van der Waals surface area contributed by atoms with Gasteiger partial charge in [0, 0.05) is 28.4 Å². The van der Waals surface area contributed by atoms with E-state index in [0.717, 1.165) is 31.9 Å². The van der Waals surface area contributed by atoms with Crippen molar-refractivity contribution in [2.75, 3.05) is 31.6 Å². The molecule has 7 heteroatoms. The molecule has 0 aromatic heterocycles. The zero-order chi connectivity index (χ0) is 22.1. The molecule has 4 rings (SSSR count). The highest BCUT2D eigenvalue weighted by molar-refractivity contribution is 7.80. The first-order valence-electron chi connectivity index (χ1n) is 10.2. The van der Waals surface area contributed by atoms with E-state index in [2.05, 4.69) is 21.8 Å². The van der Waals surface area contributed by atoms with Gasteiger partial charge in [0.15, 0.2) is 0 Å². The summed E-state index contributed by atoms with van der Waals surface area (Å²) in [7, 11) is 0. The first-order chi connectivity index (χ1) is 15.1. The summed E-state index contributed by atoms with van der Waals surface area (Å²) in [4.78, 5) is 13.3. The van der Waals surface area contributed by atoms with Gasteiger partial charge in [-0.25, -0.2) is 0 Å². The number of nitrogens with two attached hydrogens (primary N) is 1. The Bertz CT molecular complexity index is 983. The minimum absolute atomic E-state index is 0.250. The molecule has 4 N–H and O–H groups in total. The van der Waals surface area contributed by atoms with E-state index in [4.69, 9.17) is 17.0 Å². The molecule has 6 nitrogen and oxygen atoms in total. The molecule has 2 aliphatic rings. The van der Waals surface area contributed by atoms with Crippen molar-refractivity contribution in [3.63, 3.8) is 0 Å². The number of benzene rings is 2. The summed E-state index contributed by atoms with van der Waals surface area (Å²) in [6, 6.07) is 18.7. The first-order valence-corrected chi connectivity index (χ1v) is 10.6. The lowest BCUT2D eigenvalue weighted by molar-refractivity contribution is -0.670. The van der Waals surface area contributed by atoms with Crippen LogP contribution in [0.4, 0.5) is 5.69 Å². The number of morpholine rings is 1. The SMILES string of the molecule is C1COCC[NH2+]1.CC1=C(C(=O)Nc2ccccc2)C(c2ccccc2)C(=C=[N-])C(=S)N1. The third-order valence-corrected chi connectivity index (χ3v) is 5.31. The predicted molar refractivity (Wildman–Crippen MR) is 127 cm³/mol. The van der Waals surface area contributed by atoms with Gasteiger partial charge < -0.3 is 26.1 Å². The van der Waals surface area contributed by atoms with Crippen molar-refractivity contribution in [3.05, 3.63) is 88.5 Å². The van der Waals surface area contributed by atoms with E-state index in [0.29, 0.717) is 27.5 Å². The van der Waals surface area contributed by atoms with Crippen LogP contribution in [0.2, 0.25) is 0 Å². The minimum Gasteiger partial charge on any atom is -0.763 e. The lowest BCUT2D eigenvalue weighted by Gasteiger charge is -2.31. The Kier molecular flexibility index (Phi) is 8.27. The fourth-order valence-electron chi connectivity index (χ4n) is 3.49. The van der Waals surface area contributed by atoms with Crippen LogP contribution in [0.1, 0.15) is 18.4 Å². The number of ether oxygens (including phenoxy) is 1. The molecule has 0 bridgehead atoms. The maximum absolute atomic E-state index is 13.0.